The molecule has 0 unspecified atom stereocenters. The van der Waals surface area contributed by atoms with E-state index in [4.69, 9.17) is 14.2 Å². The average molecular weight is 465 g/mol. The number of hydrogen-bond acceptors (Lipinski definition) is 5. The molecule has 0 aliphatic heterocycles. The number of benzene rings is 3. The van der Waals surface area contributed by atoms with Crippen LogP contribution in [0.4, 0.5) is 0 Å². The van der Waals surface area contributed by atoms with E-state index in [1.54, 1.807) is 14.2 Å². The summed E-state index contributed by atoms with van der Waals surface area (Å²) >= 11 is 0. The standard InChI is InChI=1S/C27H32O5Si/c1-19-24(26(28)32-6)20(17-23(30-4)25(19)31-5)18-27(2,3)33(29,21-13-9-7-10-14-21)22-15-11-8-12-16-22/h7-17,29H,18H2,1-6H3. The Hall–Kier alpha value is -3.09. The number of esters is 1. The summed E-state index contributed by atoms with van der Waals surface area (Å²) in [6.45, 7) is 5.95. The van der Waals surface area contributed by atoms with Gasteiger partial charge in [-0.25, -0.2) is 4.79 Å². The molecule has 0 saturated heterocycles. The lowest BCUT2D eigenvalue weighted by molar-refractivity contribution is 0.0598. The van der Waals surface area contributed by atoms with Crippen molar-refractivity contribution >= 4 is 24.7 Å². The van der Waals surface area contributed by atoms with Crippen molar-refractivity contribution in [2.75, 3.05) is 21.3 Å². The maximum absolute atomic E-state index is 12.8. The molecule has 0 aromatic heterocycles. The molecule has 0 aliphatic carbocycles. The second-order valence-electron chi connectivity index (χ2n) is 8.77. The minimum absolute atomic E-state index is 0.436. The van der Waals surface area contributed by atoms with E-state index in [2.05, 4.69) is 13.8 Å². The van der Waals surface area contributed by atoms with Crippen LogP contribution in [0.1, 0.15) is 35.3 Å². The molecule has 6 heteroatoms. The van der Waals surface area contributed by atoms with E-state index in [0.29, 0.717) is 29.0 Å². The highest BCUT2D eigenvalue weighted by Crippen LogP contribution is 2.43. The van der Waals surface area contributed by atoms with Gasteiger partial charge in [-0.1, -0.05) is 74.5 Å². The van der Waals surface area contributed by atoms with Crippen molar-refractivity contribution in [1.29, 1.82) is 0 Å². The summed E-state index contributed by atoms with van der Waals surface area (Å²) in [6, 6.07) is 21.5. The van der Waals surface area contributed by atoms with Gasteiger partial charge in [-0.2, -0.15) is 0 Å². The Morgan fingerprint density at radius 1 is 0.909 bits per heavy atom. The van der Waals surface area contributed by atoms with Crippen molar-refractivity contribution < 1.29 is 23.8 Å². The van der Waals surface area contributed by atoms with Crippen LogP contribution in [0.5, 0.6) is 11.5 Å². The van der Waals surface area contributed by atoms with Crippen LogP contribution in [-0.2, 0) is 11.2 Å². The van der Waals surface area contributed by atoms with E-state index in [-0.39, 0.29) is 0 Å². The van der Waals surface area contributed by atoms with E-state index in [1.807, 2.05) is 73.7 Å². The van der Waals surface area contributed by atoms with Gasteiger partial charge in [0.2, 0.25) is 0 Å². The van der Waals surface area contributed by atoms with E-state index >= 15 is 0 Å². The topological polar surface area (TPSA) is 65.0 Å². The van der Waals surface area contributed by atoms with Crippen LogP contribution in [0.15, 0.2) is 66.7 Å². The molecule has 3 rings (SSSR count). The van der Waals surface area contributed by atoms with E-state index < -0.39 is 19.3 Å². The molecule has 0 heterocycles. The Bertz CT molecular complexity index is 1070. The maximum Gasteiger partial charge on any atom is 0.338 e. The third kappa shape index (κ3) is 4.41. The van der Waals surface area contributed by atoms with Crippen molar-refractivity contribution in [3.8, 4) is 11.5 Å². The van der Waals surface area contributed by atoms with E-state index in [0.717, 1.165) is 15.9 Å². The van der Waals surface area contributed by atoms with Crippen molar-refractivity contribution in [2.45, 2.75) is 32.2 Å². The molecule has 33 heavy (non-hydrogen) atoms. The fraction of sp³-hybridized carbons (Fsp3) is 0.296. The van der Waals surface area contributed by atoms with Crippen LogP contribution >= 0.6 is 0 Å². The van der Waals surface area contributed by atoms with Gasteiger partial charge in [-0.3, -0.25) is 0 Å². The quantitative estimate of drug-likeness (QED) is 0.405. The van der Waals surface area contributed by atoms with Crippen LogP contribution in [-0.4, -0.2) is 40.4 Å². The lowest BCUT2D eigenvalue weighted by atomic mass is 9.93. The minimum Gasteiger partial charge on any atom is -0.493 e. The van der Waals surface area contributed by atoms with E-state index in [1.165, 1.54) is 7.11 Å². The van der Waals surface area contributed by atoms with Gasteiger partial charge in [0.15, 0.2) is 11.5 Å². The van der Waals surface area contributed by atoms with Gasteiger partial charge in [0.25, 0.3) is 8.32 Å². The first-order chi connectivity index (χ1) is 15.7. The van der Waals surface area contributed by atoms with Crippen molar-refractivity contribution in [3.05, 3.63) is 83.4 Å². The maximum atomic E-state index is 12.8. The molecule has 0 radical (unpaired) electrons. The zero-order valence-corrected chi connectivity index (χ0v) is 21.1. The van der Waals surface area contributed by atoms with Gasteiger partial charge >= 0.3 is 5.97 Å². The molecular weight excluding hydrogens is 432 g/mol. The zero-order chi connectivity index (χ0) is 24.2. The summed E-state index contributed by atoms with van der Waals surface area (Å²) in [5, 5.41) is 1.24. The molecule has 0 aliphatic rings. The van der Waals surface area contributed by atoms with Crippen LogP contribution in [0.25, 0.3) is 0 Å². The van der Waals surface area contributed by atoms with Crippen molar-refractivity contribution in [2.24, 2.45) is 0 Å². The number of rotatable bonds is 8. The highest BCUT2D eigenvalue weighted by molar-refractivity contribution is 6.98. The summed E-state index contributed by atoms with van der Waals surface area (Å²) in [6.07, 6.45) is 0.436. The minimum atomic E-state index is -3.27. The molecule has 0 bridgehead atoms. The first kappa shape index (κ1) is 24.5. The van der Waals surface area contributed by atoms with Crippen molar-refractivity contribution in [3.63, 3.8) is 0 Å². The van der Waals surface area contributed by atoms with Gasteiger partial charge in [0.05, 0.1) is 26.9 Å². The number of methoxy groups -OCH3 is 3. The number of carbonyl (C=O) groups is 1. The van der Waals surface area contributed by atoms with Gasteiger partial charge in [-0.05, 0) is 40.4 Å². The molecular formula is C27H32O5Si. The second-order valence-corrected chi connectivity index (χ2v) is 12.7. The molecule has 0 atom stereocenters. The molecule has 0 spiro atoms. The molecule has 0 amide bonds. The van der Waals surface area contributed by atoms with Crippen LogP contribution < -0.4 is 19.8 Å². The molecule has 1 N–H and O–H groups in total. The fourth-order valence-corrected chi connectivity index (χ4v) is 8.37. The summed E-state index contributed by atoms with van der Waals surface area (Å²) in [5.74, 6) is 0.597. The van der Waals surface area contributed by atoms with Crippen LogP contribution in [0, 0.1) is 6.92 Å². The van der Waals surface area contributed by atoms with Gasteiger partial charge in [-0.15, -0.1) is 0 Å². The summed E-state index contributed by atoms with van der Waals surface area (Å²) < 4.78 is 16.2. The van der Waals surface area contributed by atoms with Crippen LogP contribution in [0.3, 0.4) is 0 Å². The highest BCUT2D eigenvalue weighted by Gasteiger charge is 2.50. The Labute approximate surface area is 197 Å². The summed E-state index contributed by atoms with van der Waals surface area (Å²) in [7, 11) is 1.22. The van der Waals surface area contributed by atoms with Gasteiger partial charge in [0.1, 0.15) is 0 Å². The Balaban J connectivity index is 2.23. The zero-order valence-electron chi connectivity index (χ0n) is 20.1. The third-order valence-corrected chi connectivity index (χ3v) is 10.8. The SMILES string of the molecule is COC(=O)c1c(CC(C)(C)[Si](O)(c2ccccc2)c2ccccc2)cc(OC)c(OC)c1C. The fourth-order valence-electron chi connectivity index (χ4n) is 4.68. The lowest BCUT2D eigenvalue weighted by Gasteiger charge is -2.41. The predicted molar refractivity (Wildman–Crippen MR) is 133 cm³/mol. The molecule has 3 aromatic carbocycles. The first-order valence-electron chi connectivity index (χ1n) is 10.9. The molecule has 3 aromatic rings. The van der Waals surface area contributed by atoms with Gasteiger partial charge < -0.3 is 19.0 Å². The van der Waals surface area contributed by atoms with Gasteiger partial charge in [0, 0.05) is 5.56 Å². The number of carbonyl (C=O) groups excluding carboxylic acids is 1. The number of hydrogen-bond donors (Lipinski definition) is 1. The normalized spacial score (nSPS) is 11.7. The third-order valence-electron chi connectivity index (χ3n) is 6.37. The molecule has 0 saturated carbocycles. The Kier molecular flexibility index (Phi) is 7.30. The second kappa shape index (κ2) is 9.81. The molecule has 5 nitrogen and oxygen atoms in total. The highest BCUT2D eigenvalue weighted by atomic mass is 28.4. The van der Waals surface area contributed by atoms with Crippen LogP contribution in [0.2, 0.25) is 5.04 Å². The largest absolute Gasteiger partial charge is 0.493 e. The van der Waals surface area contributed by atoms with Crippen molar-refractivity contribution in [1.82, 2.24) is 0 Å². The summed E-state index contributed by atoms with van der Waals surface area (Å²) in [5.41, 5.74) is 1.85. The average Bonchev–Trinajstić information content (AvgIpc) is 2.83. The molecule has 174 valence electrons. The van der Waals surface area contributed by atoms with E-state index in [9.17, 15) is 9.59 Å². The predicted octanol–water partition coefficient (Wildman–Crippen LogP) is 3.87. The first-order valence-corrected chi connectivity index (χ1v) is 12.8. The Morgan fingerprint density at radius 2 is 1.42 bits per heavy atom. The Morgan fingerprint density at radius 3 is 1.85 bits per heavy atom. The monoisotopic (exact) mass is 464 g/mol. The summed E-state index contributed by atoms with van der Waals surface area (Å²) in [4.78, 5) is 25.3. The lowest BCUT2D eigenvalue weighted by Crippen LogP contribution is -2.65. The number of ether oxygens (including phenoxy) is 3. The smallest absolute Gasteiger partial charge is 0.338 e. The molecule has 0 fully saturated rings.